The van der Waals surface area contributed by atoms with E-state index in [4.69, 9.17) is 5.73 Å². The maximum Gasteiger partial charge on any atom is 0.0395 e. The van der Waals surface area contributed by atoms with Crippen molar-refractivity contribution < 1.29 is 0 Å². The predicted molar refractivity (Wildman–Crippen MR) is 62.9 cm³/mol. The van der Waals surface area contributed by atoms with Crippen molar-refractivity contribution in [2.24, 2.45) is 5.73 Å². The zero-order valence-corrected chi connectivity index (χ0v) is 9.38. The number of aryl methyl sites for hydroxylation is 1. The summed E-state index contributed by atoms with van der Waals surface area (Å²) in [6.07, 6.45) is 1.05. The predicted octanol–water partition coefficient (Wildman–Crippen LogP) is 2.09. The minimum absolute atomic E-state index is 0.759. The number of hydrogen-bond acceptors (Lipinski definition) is 2. The number of benzene rings is 1. The van der Waals surface area contributed by atoms with E-state index in [0.29, 0.717) is 0 Å². The van der Waals surface area contributed by atoms with E-state index in [1.165, 1.54) is 16.8 Å². The normalized spacial score (nSPS) is 10.3. The molecule has 2 heteroatoms. The van der Waals surface area contributed by atoms with Crippen LogP contribution in [-0.4, -0.2) is 20.1 Å². The fourth-order valence-electron chi connectivity index (χ4n) is 1.60. The summed E-state index contributed by atoms with van der Waals surface area (Å²) in [5, 5.41) is 0. The van der Waals surface area contributed by atoms with Gasteiger partial charge in [0.1, 0.15) is 0 Å². The lowest BCUT2D eigenvalue weighted by Crippen LogP contribution is -2.21. The van der Waals surface area contributed by atoms with Crippen LogP contribution in [-0.2, 0) is 0 Å². The standard InChI is InChI=1S/C12H20N2/c1-10-6-4-7-12(11(10)2)14(3)9-5-8-13/h4,6-7H,5,8-9,13H2,1-3H3. The van der Waals surface area contributed by atoms with Gasteiger partial charge in [-0.1, -0.05) is 12.1 Å². The quantitative estimate of drug-likeness (QED) is 0.791. The molecule has 1 rings (SSSR count). The Morgan fingerprint density at radius 3 is 2.64 bits per heavy atom. The third-order valence-electron chi connectivity index (χ3n) is 2.68. The summed E-state index contributed by atoms with van der Waals surface area (Å²) in [4.78, 5) is 2.27. The van der Waals surface area contributed by atoms with Crippen LogP contribution in [0.4, 0.5) is 5.69 Å². The van der Waals surface area contributed by atoms with Crippen LogP contribution < -0.4 is 10.6 Å². The van der Waals surface area contributed by atoms with E-state index >= 15 is 0 Å². The summed E-state index contributed by atoms with van der Waals surface area (Å²) >= 11 is 0. The molecule has 2 nitrogen and oxygen atoms in total. The number of rotatable bonds is 4. The first kappa shape index (κ1) is 11.1. The smallest absolute Gasteiger partial charge is 0.0395 e. The van der Waals surface area contributed by atoms with E-state index in [1.807, 2.05) is 0 Å². The summed E-state index contributed by atoms with van der Waals surface area (Å²) in [5.41, 5.74) is 9.53. The highest BCUT2D eigenvalue weighted by atomic mass is 15.1. The molecular formula is C12H20N2. The molecule has 0 spiro atoms. The Morgan fingerprint density at radius 2 is 2.00 bits per heavy atom. The molecule has 0 heterocycles. The highest BCUT2D eigenvalue weighted by molar-refractivity contribution is 5.55. The molecule has 0 bridgehead atoms. The molecule has 1 aromatic carbocycles. The molecule has 0 aliphatic carbocycles. The van der Waals surface area contributed by atoms with Crippen LogP contribution in [0.1, 0.15) is 17.5 Å². The summed E-state index contributed by atoms with van der Waals surface area (Å²) < 4.78 is 0. The second-order valence-corrected chi connectivity index (χ2v) is 3.78. The third-order valence-corrected chi connectivity index (χ3v) is 2.68. The van der Waals surface area contributed by atoms with Crippen molar-refractivity contribution in [2.45, 2.75) is 20.3 Å². The van der Waals surface area contributed by atoms with Gasteiger partial charge in [-0.05, 0) is 44.0 Å². The maximum absolute atomic E-state index is 5.50. The molecular weight excluding hydrogens is 172 g/mol. The van der Waals surface area contributed by atoms with Gasteiger partial charge in [0.2, 0.25) is 0 Å². The molecule has 0 atom stereocenters. The summed E-state index contributed by atoms with van der Waals surface area (Å²) in [7, 11) is 2.12. The molecule has 1 aromatic rings. The van der Waals surface area contributed by atoms with Gasteiger partial charge in [-0.3, -0.25) is 0 Å². The van der Waals surface area contributed by atoms with Gasteiger partial charge in [0.25, 0.3) is 0 Å². The van der Waals surface area contributed by atoms with Crippen molar-refractivity contribution in [2.75, 3.05) is 25.0 Å². The Balaban J connectivity index is 2.79. The Morgan fingerprint density at radius 1 is 1.29 bits per heavy atom. The lowest BCUT2D eigenvalue weighted by Gasteiger charge is -2.22. The first-order chi connectivity index (χ1) is 6.66. The molecule has 78 valence electrons. The van der Waals surface area contributed by atoms with Gasteiger partial charge in [-0.2, -0.15) is 0 Å². The van der Waals surface area contributed by atoms with Crippen molar-refractivity contribution in [3.63, 3.8) is 0 Å². The van der Waals surface area contributed by atoms with Crippen molar-refractivity contribution >= 4 is 5.69 Å². The van der Waals surface area contributed by atoms with Crippen LogP contribution in [0.3, 0.4) is 0 Å². The van der Waals surface area contributed by atoms with E-state index in [0.717, 1.165) is 19.5 Å². The van der Waals surface area contributed by atoms with E-state index < -0.39 is 0 Å². The van der Waals surface area contributed by atoms with Crippen LogP contribution in [0, 0.1) is 13.8 Å². The highest BCUT2D eigenvalue weighted by Gasteiger charge is 2.04. The second kappa shape index (κ2) is 5.01. The SMILES string of the molecule is Cc1cccc(N(C)CCCN)c1C. The monoisotopic (exact) mass is 192 g/mol. The van der Waals surface area contributed by atoms with E-state index in [9.17, 15) is 0 Å². The molecule has 0 radical (unpaired) electrons. The van der Waals surface area contributed by atoms with Crippen LogP contribution in [0.5, 0.6) is 0 Å². The molecule has 0 aromatic heterocycles. The lowest BCUT2D eigenvalue weighted by atomic mass is 10.1. The van der Waals surface area contributed by atoms with Crippen molar-refractivity contribution in [1.29, 1.82) is 0 Å². The van der Waals surface area contributed by atoms with Gasteiger partial charge in [-0.25, -0.2) is 0 Å². The van der Waals surface area contributed by atoms with E-state index in [-0.39, 0.29) is 0 Å². The number of hydrogen-bond donors (Lipinski definition) is 1. The fraction of sp³-hybridized carbons (Fsp3) is 0.500. The Labute approximate surface area is 86.7 Å². The largest absolute Gasteiger partial charge is 0.374 e. The van der Waals surface area contributed by atoms with Gasteiger partial charge >= 0.3 is 0 Å². The van der Waals surface area contributed by atoms with Gasteiger partial charge in [0.15, 0.2) is 0 Å². The minimum atomic E-state index is 0.759. The molecule has 0 aliphatic heterocycles. The zero-order valence-electron chi connectivity index (χ0n) is 9.38. The fourth-order valence-corrected chi connectivity index (χ4v) is 1.60. The van der Waals surface area contributed by atoms with Crippen molar-refractivity contribution in [3.05, 3.63) is 29.3 Å². The van der Waals surface area contributed by atoms with E-state index in [2.05, 4.69) is 44.0 Å². The third kappa shape index (κ3) is 2.48. The average Bonchev–Trinajstić information content (AvgIpc) is 2.18. The van der Waals surface area contributed by atoms with Gasteiger partial charge in [0, 0.05) is 19.3 Å². The van der Waals surface area contributed by atoms with Gasteiger partial charge in [-0.15, -0.1) is 0 Å². The molecule has 0 fully saturated rings. The second-order valence-electron chi connectivity index (χ2n) is 3.78. The summed E-state index contributed by atoms with van der Waals surface area (Å²) in [6.45, 7) is 6.11. The van der Waals surface area contributed by atoms with E-state index in [1.54, 1.807) is 0 Å². The molecule has 0 unspecified atom stereocenters. The maximum atomic E-state index is 5.50. The van der Waals surface area contributed by atoms with Crippen molar-refractivity contribution in [1.82, 2.24) is 0 Å². The number of nitrogens with two attached hydrogens (primary N) is 1. The number of nitrogens with zero attached hydrogens (tertiary/aromatic N) is 1. The van der Waals surface area contributed by atoms with Crippen molar-refractivity contribution in [3.8, 4) is 0 Å². The summed E-state index contributed by atoms with van der Waals surface area (Å²) in [5.74, 6) is 0. The van der Waals surface area contributed by atoms with Gasteiger partial charge < -0.3 is 10.6 Å². The highest BCUT2D eigenvalue weighted by Crippen LogP contribution is 2.21. The first-order valence-corrected chi connectivity index (χ1v) is 5.14. The first-order valence-electron chi connectivity index (χ1n) is 5.14. The number of anilines is 1. The molecule has 2 N–H and O–H groups in total. The van der Waals surface area contributed by atoms with Crippen LogP contribution in [0.25, 0.3) is 0 Å². The van der Waals surface area contributed by atoms with Gasteiger partial charge in [0.05, 0.1) is 0 Å². The van der Waals surface area contributed by atoms with Crippen LogP contribution in [0.2, 0.25) is 0 Å². The molecule has 0 aliphatic rings. The average molecular weight is 192 g/mol. The van der Waals surface area contributed by atoms with Crippen LogP contribution >= 0.6 is 0 Å². The molecule has 0 saturated carbocycles. The molecule has 0 amide bonds. The molecule has 14 heavy (non-hydrogen) atoms. The molecule has 0 saturated heterocycles. The zero-order chi connectivity index (χ0) is 10.6. The lowest BCUT2D eigenvalue weighted by molar-refractivity contribution is 0.793. The topological polar surface area (TPSA) is 29.3 Å². The Kier molecular flexibility index (Phi) is 3.96. The minimum Gasteiger partial charge on any atom is -0.374 e. The Hall–Kier alpha value is -1.02. The van der Waals surface area contributed by atoms with Crippen LogP contribution in [0.15, 0.2) is 18.2 Å². The Bertz CT molecular complexity index is 294. The summed E-state index contributed by atoms with van der Waals surface area (Å²) in [6, 6.07) is 6.42.